The second-order valence-corrected chi connectivity index (χ2v) is 2.69. The summed E-state index contributed by atoms with van der Waals surface area (Å²) < 4.78 is 0. The predicted molar refractivity (Wildman–Crippen MR) is 37.1 cm³/mol. The molecule has 2 atom stereocenters. The van der Waals surface area contributed by atoms with Gasteiger partial charge in [-0.05, 0) is 12.3 Å². The maximum atomic E-state index is 10.9. The zero-order valence-corrected chi connectivity index (χ0v) is 5.76. The van der Waals surface area contributed by atoms with Crippen LogP contribution >= 0.6 is 0 Å². The zero-order valence-electron chi connectivity index (χ0n) is 5.76. The van der Waals surface area contributed by atoms with Crippen molar-refractivity contribution < 1.29 is 4.79 Å². The monoisotopic (exact) mass is 124 g/mol. The van der Waals surface area contributed by atoms with E-state index in [-0.39, 0.29) is 5.92 Å². The van der Waals surface area contributed by atoms with E-state index in [1.165, 1.54) is 0 Å². The molecule has 1 heteroatoms. The third kappa shape index (κ3) is 1.04. The number of ketones is 1. The summed E-state index contributed by atoms with van der Waals surface area (Å²) in [7, 11) is 0. The van der Waals surface area contributed by atoms with Gasteiger partial charge in [0.15, 0.2) is 0 Å². The lowest BCUT2D eigenvalue weighted by Crippen LogP contribution is -2.07. The quantitative estimate of drug-likeness (QED) is 0.487. The molecule has 1 aliphatic carbocycles. The molecule has 0 amide bonds. The molecule has 50 valence electrons. The minimum Gasteiger partial charge on any atom is -0.299 e. The Balaban J connectivity index is 2.61. The van der Waals surface area contributed by atoms with E-state index in [1.807, 2.05) is 13.0 Å². The first-order valence-corrected chi connectivity index (χ1v) is 3.41. The van der Waals surface area contributed by atoms with Crippen LogP contribution in [0.15, 0.2) is 12.7 Å². The van der Waals surface area contributed by atoms with Gasteiger partial charge in [0.1, 0.15) is 5.78 Å². The predicted octanol–water partition coefficient (Wildman–Crippen LogP) is 1.79. The summed E-state index contributed by atoms with van der Waals surface area (Å²) in [6, 6.07) is 0. The number of carbonyl (C=O) groups is 1. The van der Waals surface area contributed by atoms with Gasteiger partial charge in [-0.3, -0.25) is 4.79 Å². The van der Waals surface area contributed by atoms with Crippen molar-refractivity contribution in [2.45, 2.75) is 19.8 Å². The van der Waals surface area contributed by atoms with Crippen molar-refractivity contribution in [3.05, 3.63) is 12.7 Å². The lowest BCUT2D eigenvalue weighted by molar-refractivity contribution is -0.120. The van der Waals surface area contributed by atoms with Crippen LogP contribution in [0.4, 0.5) is 0 Å². The van der Waals surface area contributed by atoms with Gasteiger partial charge in [0.05, 0.1) is 0 Å². The summed E-state index contributed by atoms with van der Waals surface area (Å²) in [5.74, 6) is 1.10. The highest BCUT2D eigenvalue weighted by molar-refractivity contribution is 5.83. The number of Topliss-reactive ketones (excluding diaryl/α,β-unsaturated/α-hetero) is 1. The van der Waals surface area contributed by atoms with Crippen molar-refractivity contribution in [3.8, 4) is 0 Å². The van der Waals surface area contributed by atoms with Crippen LogP contribution in [0.25, 0.3) is 0 Å². The highest BCUT2D eigenvalue weighted by Gasteiger charge is 2.27. The van der Waals surface area contributed by atoms with E-state index in [1.54, 1.807) is 0 Å². The zero-order chi connectivity index (χ0) is 6.85. The van der Waals surface area contributed by atoms with Crippen LogP contribution in [-0.2, 0) is 4.79 Å². The van der Waals surface area contributed by atoms with E-state index < -0.39 is 0 Å². The van der Waals surface area contributed by atoms with Gasteiger partial charge >= 0.3 is 0 Å². The Morgan fingerprint density at radius 1 is 1.78 bits per heavy atom. The molecular weight excluding hydrogens is 112 g/mol. The normalized spacial score (nSPS) is 35.0. The Kier molecular flexibility index (Phi) is 1.70. The van der Waals surface area contributed by atoms with Crippen molar-refractivity contribution in [2.75, 3.05) is 0 Å². The number of rotatable bonds is 1. The van der Waals surface area contributed by atoms with E-state index >= 15 is 0 Å². The van der Waals surface area contributed by atoms with Crippen LogP contribution in [0, 0.1) is 11.8 Å². The molecule has 1 saturated carbocycles. The van der Waals surface area contributed by atoms with Crippen LogP contribution in [0.5, 0.6) is 0 Å². The summed E-state index contributed by atoms with van der Waals surface area (Å²) in [6.07, 6.45) is 3.68. The SMILES string of the molecule is C=C[C@H]1CCC(=O)[C@@H]1C. The van der Waals surface area contributed by atoms with Crippen molar-refractivity contribution in [2.24, 2.45) is 11.8 Å². The minimum atomic E-state index is 0.238. The Morgan fingerprint density at radius 3 is 2.67 bits per heavy atom. The molecule has 0 saturated heterocycles. The van der Waals surface area contributed by atoms with E-state index in [0.717, 1.165) is 12.8 Å². The van der Waals surface area contributed by atoms with Gasteiger partial charge in [-0.2, -0.15) is 0 Å². The summed E-state index contributed by atoms with van der Waals surface area (Å²) in [5.41, 5.74) is 0. The molecule has 1 aliphatic rings. The van der Waals surface area contributed by atoms with Crippen LogP contribution in [0.2, 0.25) is 0 Å². The van der Waals surface area contributed by atoms with Crippen molar-refractivity contribution in [1.82, 2.24) is 0 Å². The smallest absolute Gasteiger partial charge is 0.136 e. The van der Waals surface area contributed by atoms with Crippen molar-refractivity contribution in [3.63, 3.8) is 0 Å². The molecule has 0 unspecified atom stereocenters. The maximum Gasteiger partial charge on any atom is 0.136 e. The fraction of sp³-hybridized carbons (Fsp3) is 0.625. The van der Waals surface area contributed by atoms with E-state index in [9.17, 15) is 4.79 Å². The largest absolute Gasteiger partial charge is 0.299 e. The van der Waals surface area contributed by atoms with E-state index in [2.05, 4.69) is 6.58 Å². The van der Waals surface area contributed by atoms with Gasteiger partial charge in [0, 0.05) is 12.3 Å². The first-order chi connectivity index (χ1) is 4.25. The Bertz CT molecular complexity index is 138. The minimum absolute atomic E-state index is 0.238. The Morgan fingerprint density at radius 2 is 2.44 bits per heavy atom. The maximum absolute atomic E-state index is 10.9. The van der Waals surface area contributed by atoms with Crippen LogP contribution in [-0.4, -0.2) is 5.78 Å². The standard InChI is InChI=1S/C8H12O/c1-3-7-4-5-8(9)6(7)2/h3,6-7H,1,4-5H2,2H3/t6-,7+/m1/s1. The Hall–Kier alpha value is -0.590. The summed E-state index contributed by atoms with van der Waals surface area (Å²) in [5, 5.41) is 0. The van der Waals surface area contributed by atoms with Crippen LogP contribution in [0.1, 0.15) is 19.8 Å². The molecule has 1 rings (SSSR count). The molecule has 0 aromatic heterocycles. The number of carbonyl (C=O) groups excluding carboxylic acids is 1. The lowest BCUT2D eigenvalue weighted by atomic mass is 9.98. The molecule has 1 fully saturated rings. The number of hydrogen-bond donors (Lipinski definition) is 0. The number of allylic oxidation sites excluding steroid dienone is 1. The fourth-order valence-corrected chi connectivity index (χ4v) is 1.35. The summed E-state index contributed by atoms with van der Waals surface area (Å²) in [6.45, 7) is 5.66. The first-order valence-electron chi connectivity index (χ1n) is 3.41. The number of hydrogen-bond acceptors (Lipinski definition) is 1. The molecule has 0 heterocycles. The molecule has 0 spiro atoms. The van der Waals surface area contributed by atoms with Gasteiger partial charge in [-0.15, -0.1) is 6.58 Å². The van der Waals surface area contributed by atoms with Crippen LogP contribution < -0.4 is 0 Å². The van der Waals surface area contributed by atoms with Gasteiger partial charge in [0.25, 0.3) is 0 Å². The molecule has 9 heavy (non-hydrogen) atoms. The van der Waals surface area contributed by atoms with E-state index in [0.29, 0.717) is 11.7 Å². The molecule has 0 N–H and O–H groups in total. The van der Waals surface area contributed by atoms with E-state index in [4.69, 9.17) is 0 Å². The summed E-state index contributed by atoms with van der Waals surface area (Å²) >= 11 is 0. The van der Waals surface area contributed by atoms with Crippen LogP contribution in [0.3, 0.4) is 0 Å². The molecule has 0 aliphatic heterocycles. The highest BCUT2D eigenvalue weighted by atomic mass is 16.1. The third-order valence-corrected chi connectivity index (χ3v) is 2.18. The lowest BCUT2D eigenvalue weighted by Gasteiger charge is -2.05. The Labute approximate surface area is 55.8 Å². The van der Waals surface area contributed by atoms with Gasteiger partial charge in [-0.25, -0.2) is 0 Å². The average molecular weight is 124 g/mol. The topological polar surface area (TPSA) is 17.1 Å². The highest BCUT2D eigenvalue weighted by Crippen LogP contribution is 2.28. The fourth-order valence-electron chi connectivity index (χ4n) is 1.35. The van der Waals surface area contributed by atoms with Gasteiger partial charge < -0.3 is 0 Å². The summed E-state index contributed by atoms with van der Waals surface area (Å²) in [4.78, 5) is 10.9. The molecular formula is C8H12O. The third-order valence-electron chi connectivity index (χ3n) is 2.18. The molecule has 0 radical (unpaired) electrons. The molecule has 0 aromatic carbocycles. The van der Waals surface area contributed by atoms with Gasteiger partial charge in [0.2, 0.25) is 0 Å². The molecule has 0 aromatic rings. The molecule has 1 nitrogen and oxygen atoms in total. The van der Waals surface area contributed by atoms with Crippen molar-refractivity contribution in [1.29, 1.82) is 0 Å². The second kappa shape index (κ2) is 2.34. The van der Waals surface area contributed by atoms with Gasteiger partial charge in [-0.1, -0.05) is 13.0 Å². The van der Waals surface area contributed by atoms with Crippen molar-refractivity contribution >= 4 is 5.78 Å². The average Bonchev–Trinajstić information content (AvgIpc) is 2.15. The first kappa shape index (κ1) is 6.53. The molecule has 0 bridgehead atoms. The second-order valence-electron chi connectivity index (χ2n) is 2.69.